The van der Waals surface area contributed by atoms with Gasteiger partial charge < -0.3 is 10.3 Å². The van der Waals surface area contributed by atoms with Gasteiger partial charge in [-0.3, -0.25) is 4.79 Å². The van der Waals surface area contributed by atoms with Crippen molar-refractivity contribution in [3.05, 3.63) is 29.6 Å². The van der Waals surface area contributed by atoms with Crippen molar-refractivity contribution in [3.63, 3.8) is 0 Å². The summed E-state index contributed by atoms with van der Waals surface area (Å²) in [6, 6.07) is 6.28. The molecule has 2 rings (SSSR count). The van der Waals surface area contributed by atoms with Crippen LogP contribution in [0.1, 0.15) is 30.7 Å². The van der Waals surface area contributed by atoms with Crippen molar-refractivity contribution in [3.8, 4) is 0 Å². The Kier molecular flexibility index (Phi) is 5.01. The van der Waals surface area contributed by atoms with E-state index in [4.69, 9.17) is 17.3 Å². The molecule has 108 valence electrons. The highest BCUT2D eigenvalue weighted by molar-refractivity contribution is 6.17. The Labute approximate surface area is 123 Å². The Bertz CT molecular complexity index is 606. The Morgan fingerprint density at radius 1 is 1.40 bits per heavy atom. The molecule has 1 amide bonds. The second-order valence-electron chi connectivity index (χ2n) is 5.03. The van der Waals surface area contributed by atoms with Gasteiger partial charge >= 0.3 is 0 Å². The summed E-state index contributed by atoms with van der Waals surface area (Å²) in [4.78, 5) is 15.4. The van der Waals surface area contributed by atoms with Gasteiger partial charge in [-0.1, -0.05) is 6.07 Å². The molecule has 0 saturated heterocycles. The van der Waals surface area contributed by atoms with Crippen LogP contribution in [0.2, 0.25) is 0 Å². The number of benzene rings is 1. The van der Waals surface area contributed by atoms with Gasteiger partial charge in [-0.15, -0.1) is 11.6 Å². The molecule has 0 spiro atoms. The zero-order valence-electron chi connectivity index (χ0n) is 11.7. The highest BCUT2D eigenvalue weighted by Crippen LogP contribution is 2.19. The van der Waals surface area contributed by atoms with Crippen LogP contribution in [0.5, 0.6) is 0 Å². The van der Waals surface area contributed by atoms with Crippen LogP contribution in [0.3, 0.4) is 0 Å². The number of aromatic nitrogens is 2. The molecule has 20 heavy (non-hydrogen) atoms. The molecule has 4 nitrogen and oxygen atoms in total. The second-order valence-corrected chi connectivity index (χ2v) is 5.41. The first-order chi connectivity index (χ1) is 9.61. The number of imidazole rings is 1. The first-order valence-electron chi connectivity index (χ1n) is 6.92. The first kappa shape index (κ1) is 14.9. The highest BCUT2D eigenvalue weighted by Gasteiger charge is 2.10. The number of alkyl halides is 1. The van der Waals surface area contributed by atoms with Gasteiger partial charge in [0.1, 0.15) is 5.82 Å². The number of fused-ring (bicyclic) bond motifs is 1. The van der Waals surface area contributed by atoms with Crippen LogP contribution in [0.4, 0.5) is 0 Å². The number of amides is 1. The molecule has 0 bridgehead atoms. The molecule has 5 heteroatoms. The molecule has 2 N–H and O–H groups in total. The summed E-state index contributed by atoms with van der Waals surface area (Å²) in [6.07, 6.45) is 2.92. The largest absolute Gasteiger partial charge is 0.370 e. The molecule has 0 aliphatic heterocycles. The summed E-state index contributed by atoms with van der Waals surface area (Å²) < 4.78 is 2.21. The van der Waals surface area contributed by atoms with E-state index in [-0.39, 0.29) is 5.91 Å². The molecule has 1 aromatic carbocycles. The number of nitrogens with zero attached hydrogens (tertiary/aromatic N) is 2. The van der Waals surface area contributed by atoms with Crippen molar-refractivity contribution in [2.45, 2.75) is 39.2 Å². The molecule has 0 unspecified atom stereocenters. The van der Waals surface area contributed by atoms with E-state index >= 15 is 0 Å². The number of primary amides is 1. The molecule has 0 fully saturated rings. The quantitative estimate of drug-likeness (QED) is 0.630. The van der Waals surface area contributed by atoms with Crippen LogP contribution < -0.4 is 5.73 Å². The number of hydrogen-bond acceptors (Lipinski definition) is 2. The van der Waals surface area contributed by atoms with Gasteiger partial charge in [-0.05, 0) is 37.5 Å². The molecule has 2 aromatic rings. The summed E-state index contributed by atoms with van der Waals surface area (Å²) in [6.45, 7) is 2.91. The second kappa shape index (κ2) is 6.75. The molecular formula is C15H20ClN3O. The molecule has 0 aliphatic rings. The summed E-state index contributed by atoms with van der Waals surface area (Å²) in [5, 5.41) is 0. The van der Waals surface area contributed by atoms with Gasteiger partial charge in [-0.25, -0.2) is 4.98 Å². The fraction of sp³-hybridized carbons (Fsp3) is 0.467. The van der Waals surface area contributed by atoms with Gasteiger partial charge in [0.2, 0.25) is 5.91 Å². The lowest BCUT2D eigenvalue weighted by molar-refractivity contribution is -0.118. The van der Waals surface area contributed by atoms with Crippen molar-refractivity contribution in [2.24, 2.45) is 5.73 Å². The van der Waals surface area contributed by atoms with Gasteiger partial charge in [0.05, 0.1) is 11.0 Å². The minimum Gasteiger partial charge on any atom is -0.370 e. The van der Waals surface area contributed by atoms with Gasteiger partial charge in [0, 0.05) is 25.3 Å². The van der Waals surface area contributed by atoms with Crippen molar-refractivity contribution in [2.75, 3.05) is 5.88 Å². The Morgan fingerprint density at radius 3 is 2.90 bits per heavy atom. The fourth-order valence-corrected chi connectivity index (χ4v) is 2.55. The topological polar surface area (TPSA) is 60.9 Å². The SMILES string of the molecule is Cc1ccc2c(c1)nc(CCCl)n2CCCCC(N)=O. The van der Waals surface area contributed by atoms with Crippen LogP contribution in [0.15, 0.2) is 18.2 Å². The molecule has 0 saturated carbocycles. The average Bonchev–Trinajstić information content (AvgIpc) is 2.72. The maximum absolute atomic E-state index is 10.8. The molecular weight excluding hydrogens is 274 g/mol. The van der Waals surface area contributed by atoms with Gasteiger partial charge in [0.25, 0.3) is 0 Å². The van der Waals surface area contributed by atoms with E-state index in [1.165, 1.54) is 5.56 Å². The predicted octanol–water partition coefficient (Wildman–Crippen LogP) is 2.78. The fourth-order valence-electron chi connectivity index (χ4n) is 2.38. The number of carbonyl (C=O) groups is 1. The van der Waals surface area contributed by atoms with E-state index in [0.29, 0.717) is 12.3 Å². The van der Waals surface area contributed by atoms with E-state index < -0.39 is 0 Å². The molecule has 0 atom stereocenters. The lowest BCUT2D eigenvalue weighted by atomic mass is 10.2. The number of hydrogen-bond donors (Lipinski definition) is 1. The average molecular weight is 294 g/mol. The maximum atomic E-state index is 10.8. The first-order valence-corrected chi connectivity index (χ1v) is 7.45. The number of unbranched alkanes of at least 4 members (excludes halogenated alkanes) is 1. The zero-order valence-corrected chi connectivity index (χ0v) is 12.5. The Morgan fingerprint density at radius 2 is 2.20 bits per heavy atom. The molecule has 0 radical (unpaired) electrons. The van der Waals surface area contributed by atoms with Crippen LogP contribution in [-0.4, -0.2) is 21.3 Å². The van der Waals surface area contributed by atoms with Crippen molar-refractivity contribution >= 4 is 28.5 Å². The third kappa shape index (κ3) is 3.51. The van der Waals surface area contributed by atoms with Crippen LogP contribution in [-0.2, 0) is 17.8 Å². The minimum absolute atomic E-state index is 0.239. The zero-order chi connectivity index (χ0) is 14.5. The van der Waals surface area contributed by atoms with E-state index in [9.17, 15) is 4.79 Å². The lowest BCUT2D eigenvalue weighted by Crippen LogP contribution is -2.11. The van der Waals surface area contributed by atoms with E-state index in [2.05, 4.69) is 34.7 Å². The van der Waals surface area contributed by atoms with Gasteiger partial charge in [-0.2, -0.15) is 0 Å². The Hall–Kier alpha value is -1.55. The number of aryl methyl sites for hydroxylation is 3. The van der Waals surface area contributed by atoms with Crippen LogP contribution in [0, 0.1) is 6.92 Å². The summed E-state index contributed by atoms with van der Waals surface area (Å²) >= 11 is 5.86. The maximum Gasteiger partial charge on any atom is 0.217 e. The van der Waals surface area contributed by atoms with E-state index in [1.54, 1.807) is 0 Å². The predicted molar refractivity (Wildman–Crippen MR) is 81.9 cm³/mol. The third-order valence-electron chi connectivity index (χ3n) is 3.36. The number of halogens is 1. The van der Waals surface area contributed by atoms with E-state index in [1.807, 2.05) is 0 Å². The number of rotatable bonds is 7. The Balaban J connectivity index is 2.19. The van der Waals surface area contributed by atoms with Crippen LogP contribution >= 0.6 is 11.6 Å². The molecule has 0 aliphatic carbocycles. The van der Waals surface area contributed by atoms with E-state index in [0.717, 1.165) is 42.7 Å². The number of nitrogens with two attached hydrogens (primary N) is 1. The van der Waals surface area contributed by atoms with Crippen LogP contribution in [0.25, 0.3) is 11.0 Å². The monoisotopic (exact) mass is 293 g/mol. The molecule has 1 heterocycles. The standard InChI is InChI=1S/C15H20ClN3O/c1-11-5-6-13-12(10-11)18-15(7-8-16)19(13)9-3-2-4-14(17)20/h5-6,10H,2-4,7-9H2,1H3,(H2,17,20). The minimum atomic E-state index is -0.239. The smallest absolute Gasteiger partial charge is 0.217 e. The van der Waals surface area contributed by atoms with Crippen molar-refractivity contribution in [1.82, 2.24) is 9.55 Å². The summed E-state index contributed by atoms with van der Waals surface area (Å²) in [5.74, 6) is 1.33. The normalized spacial score (nSPS) is 11.1. The summed E-state index contributed by atoms with van der Waals surface area (Å²) in [5.41, 5.74) is 8.51. The lowest BCUT2D eigenvalue weighted by Gasteiger charge is -2.08. The number of carbonyl (C=O) groups excluding carboxylic acids is 1. The van der Waals surface area contributed by atoms with Gasteiger partial charge in [0.15, 0.2) is 0 Å². The third-order valence-corrected chi connectivity index (χ3v) is 3.54. The highest BCUT2D eigenvalue weighted by atomic mass is 35.5. The van der Waals surface area contributed by atoms with Crippen molar-refractivity contribution < 1.29 is 4.79 Å². The van der Waals surface area contributed by atoms with Crippen molar-refractivity contribution in [1.29, 1.82) is 0 Å². The summed E-state index contributed by atoms with van der Waals surface area (Å²) in [7, 11) is 0. The molecule has 1 aromatic heterocycles.